The fourth-order valence-electron chi connectivity index (χ4n) is 1.94. The number of hydrogen-bond donors (Lipinski definition) is 0. The van der Waals surface area contributed by atoms with Gasteiger partial charge in [-0.1, -0.05) is 25.5 Å². The highest BCUT2D eigenvalue weighted by Gasteiger charge is 2.67. The van der Waals surface area contributed by atoms with Crippen molar-refractivity contribution >= 4 is 10.2 Å². The maximum Gasteiger partial charge on any atom is 0.429 e. The van der Waals surface area contributed by atoms with E-state index < -0.39 is 56.1 Å². The third-order valence-electron chi connectivity index (χ3n) is 3.10. The van der Waals surface area contributed by atoms with Crippen LogP contribution in [0, 0.1) is 24.4 Å². The molecular formula is C14H8F10OS. The van der Waals surface area contributed by atoms with Gasteiger partial charge in [-0.2, -0.15) is 13.2 Å². The van der Waals surface area contributed by atoms with Crippen molar-refractivity contribution in [3.63, 3.8) is 0 Å². The van der Waals surface area contributed by atoms with Gasteiger partial charge in [0, 0.05) is 0 Å². The summed E-state index contributed by atoms with van der Waals surface area (Å²) in [6, 6.07) is 1.38. The lowest BCUT2D eigenvalue weighted by atomic mass is 10.1. The van der Waals surface area contributed by atoms with Crippen LogP contribution < -0.4 is 4.74 Å². The lowest BCUT2D eigenvalue weighted by molar-refractivity contribution is -0.189. The number of rotatable bonds is 4. The summed E-state index contributed by atoms with van der Waals surface area (Å²) in [4.78, 5) is -3.22. The molecule has 0 amide bonds. The summed E-state index contributed by atoms with van der Waals surface area (Å²) in [5.74, 6) is -9.12. The van der Waals surface area contributed by atoms with Crippen molar-refractivity contribution in [3.05, 3.63) is 58.9 Å². The van der Waals surface area contributed by atoms with Gasteiger partial charge in [-0.3, -0.25) is 0 Å². The maximum absolute atomic E-state index is 13.9. The third kappa shape index (κ3) is 4.00. The van der Waals surface area contributed by atoms with E-state index in [4.69, 9.17) is 0 Å². The van der Waals surface area contributed by atoms with Crippen molar-refractivity contribution in [1.82, 2.24) is 0 Å². The highest BCUT2D eigenvalue weighted by molar-refractivity contribution is 8.45. The number of ether oxygens (including phenoxy) is 1. The Morgan fingerprint density at radius 1 is 0.846 bits per heavy atom. The zero-order chi connectivity index (χ0) is 20.2. The van der Waals surface area contributed by atoms with Gasteiger partial charge < -0.3 is 4.74 Å². The van der Waals surface area contributed by atoms with Gasteiger partial charge in [-0.15, -0.1) is 0 Å². The number of halogens is 10. The molecule has 0 aliphatic heterocycles. The summed E-state index contributed by atoms with van der Waals surface area (Å²) in [5.41, 5.74) is -1.18. The molecule has 0 atom stereocenters. The Balaban J connectivity index is 2.50. The molecule has 2 rings (SSSR count). The minimum Gasteiger partial charge on any atom is -0.426 e. The van der Waals surface area contributed by atoms with Gasteiger partial charge in [0.1, 0.15) is 10.7 Å². The molecule has 0 saturated carbocycles. The lowest BCUT2D eigenvalue weighted by Crippen LogP contribution is -2.24. The number of benzene rings is 2. The average Bonchev–Trinajstić information content (AvgIpc) is 2.40. The second-order valence-corrected chi connectivity index (χ2v) is 7.64. The Morgan fingerprint density at radius 2 is 1.42 bits per heavy atom. The predicted molar refractivity (Wildman–Crippen MR) is 73.4 cm³/mol. The molecule has 0 spiro atoms. The first-order valence-electron chi connectivity index (χ1n) is 6.48. The van der Waals surface area contributed by atoms with Crippen LogP contribution in [0.5, 0.6) is 5.75 Å². The highest BCUT2D eigenvalue weighted by Crippen LogP contribution is 3.02. The van der Waals surface area contributed by atoms with Crippen molar-refractivity contribution in [2.75, 3.05) is 0 Å². The zero-order valence-electron chi connectivity index (χ0n) is 12.5. The maximum atomic E-state index is 13.9. The molecule has 12 heteroatoms. The molecular weight excluding hydrogens is 406 g/mol. The smallest absolute Gasteiger partial charge is 0.426 e. The second kappa shape index (κ2) is 5.21. The minimum absolute atomic E-state index is 0.236. The molecule has 0 bridgehead atoms. The topological polar surface area (TPSA) is 9.23 Å². The van der Waals surface area contributed by atoms with E-state index in [9.17, 15) is 41.4 Å². The average molecular weight is 414 g/mol. The fraction of sp³-hybridized carbons (Fsp3) is 0.143. The summed E-state index contributed by atoms with van der Waals surface area (Å²) in [5, 5.41) is 0. The standard InChI is InChI=1S/C14H8F10OS/c1-7-2-3-8(9(15)6-7)14(18,19)25-10-4-5-11(13(17)12(10)16)26(20,21,22,23)24/h2-6H,1H3. The summed E-state index contributed by atoms with van der Waals surface area (Å²) < 4.78 is 135. The number of alkyl halides is 2. The predicted octanol–water partition coefficient (Wildman–Crippen LogP) is 7.20. The first-order chi connectivity index (χ1) is 11.4. The Morgan fingerprint density at radius 3 is 1.92 bits per heavy atom. The van der Waals surface area contributed by atoms with Crippen LogP contribution in [0.15, 0.2) is 35.2 Å². The van der Waals surface area contributed by atoms with Crippen molar-refractivity contribution in [2.45, 2.75) is 17.9 Å². The molecule has 0 N–H and O–H groups in total. The van der Waals surface area contributed by atoms with Crippen molar-refractivity contribution < 1.29 is 46.1 Å². The molecule has 1 nitrogen and oxygen atoms in total. The quantitative estimate of drug-likeness (QED) is 0.481. The molecule has 2 aromatic rings. The van der Waals surface area contributed by atoms with Crippen LogP contribution in [-0.4, -0.2) is 0 Å². The molecule has 0 aliphatic carbocycles. The minimum atomic E-state index is -10.6. The third-order valence-corrected chi connectivity index (χ3v) is 4.25. The van der Waals surface area contributed by atoms with E-state index >= 15 is 0 Å². The van der Waals surface area contributed by atoms with Gasteiger partial charge in [-0.05, 0) is 36.8 Å². The normalized spacial score (nSPS) is 15.3. The van der Waals surface area contributed by atoms with Gasteiger partial charge in [0.15, 0.2) is 11.6 Å². The van der Waals surface area contributed by atoms with E-state index in [1.165, 1.54) is 6.92 Å². The Kier molecular flexibility index (Phi) is 4.05. The van der Waals surface area contributed by atoms with Crippen LogP contribution in [0.3, 0.4) is 0 Å². The molecule has 0 aliphatic rings. The van der Waals surface area contributed by atoms with E-state index in [-0.39, 0.29) is 11.6 Å². The molecule has 146 valence electrons. The Hall–Kier alpha value is -2.11. The molecule has 0 heterocycles. The van der Waals surface area contributed by atoms with Crippen molar-refractivity contribution in [3.8, 4) is 5.75 Å². The Bertz CT molecular complexity index is 876. The molecule has 2 aromatic carbocycles. The van der Waals surface area contributed by atoms with Crippen molar-refractivity contribution in [2.24, 2.45) is 0 Å². The highest BCUT2D eigenvalue weighted by atomic mass is 32.5. The monoisotopic (exact) mass is 414 g/mol. The summed E-state index contributed by atoms with van der Waals surface area (Å²) in [6.45, 7) is 1.36. The first-order valence-corrected chi connectivity index (χ1v) is 8.43. The van der Waals surface area contributed by atoms with Crippen LogP contribution in [0.1, 0.15) is 11.1 Å². The van der Waals surface area contributed by atoms with E-state index in [0.717, 1.165) is 6.07 Å². The molecule has 0 aromatic heterocycles. The van der Waals surface area contributed by atoms with E-state index in [0.29, 0.717) is 12.1 Å². The van der Waals surface area contributed by atoms with Gasteiger partial charge in [0.2, 0.25) is 5.82 Å². The SMILES string of the molecule is Cc1ccc(C(F)(F)Oc2ccc(S(F)(F)(F)(F)F)c(F)c2F)c(F)c1. The molecule has 26 heavy (non-hydrogen) atoms. The van der Waals surface area contributed by atoms with Gasteiger partial charge in [0.05, 0.1) is 5.56 Å². The van der Waals surface area contributed by atoms with Crippen LogP contribution >= 0.6 is 10.2 Å². The van der Waals surface area contributed by atoms with Gasteiger partial charge in [-0.25, -0.2) is 8.78 Å². The summed E-state index contributed by atoms with van der Waals surface area (Å²) in [7, 11) is -10.6. The first kappa shape index (κ1) is 20.2. The largest absolute Gasteiger partial charge is 0.429 e. The molecule has 0 unspecified atom stereocenters. The van der Waals surface area contributed by atoms with Crippen LogP contribution in [0.4, 0.5) is 41.4 Å². The van der Waals surface area contributed by atoms with E-state index in [1.807, 2.05) is 0 Å². The number of hydrogen-bond acceptors (Lipinski definition) is 1. The summed E-state index contributed by atoms with van der Waals surface area (Å²) >= 11 is 0. The van der Waals surface area contributed by atoms with E-state index in [1.54, 1.807) is 0 Å². The zero-order valence-corrected chi connectivity index (χ0v) is 13.3. The van der Waals surface area contributed by atoms with E-state index in [2.05, 4.69) is 4.74 Å². The fourth-order valence-corrected chi connectivity index (χ4v) is 2.69. The molecule has 0 radical (unpaired) electrons. The van der Waals surface area contributed by atoms with Crippen LogP contribution in [0.25, 0.3) is 0 Å². The molecule has 0 fully saturated rings. The number of aryl methyl sites for hydroxylation is 1. The molecule has 0 saturated heterocycles. The Labute approximate surface area is 139 Å². The van der Waals surface area contributed by atoms with Crippen LogP contribution in [-0.2, 0) is 6.11 Å². The lowest BCUT2D eigenvalue weighted by Gasteiger charge is -2.40. The van der Waals surface area contributed by atoms with Crippen LogP contribution in [0.2, 0.25) is 0 Å². The second-order valence-electron chi connectivity index (χ2n) is 5.26. The van der Waals surface area contributed by atoms with Gasteiger partial charge in [0.25, 0.3) is 0 Å². The summed E-state index contributed by atoms with van der Waals surface area (Å²) in [6.07, 6.45) is -4.62. The van der Waals surface area contributed by atoms with Crippen molar-refractivity contribution in [1.29, 1.82) is 0 Å². The van der Waals surface area contributed by atoms with Gasteiger partial charge >= 0.3 is 16.3 Å².